The van der Waals surface area contributed by atoms with Crippen LogP contribution >= 0.6 is 12.2 Å². The number of anilines is 1. The van der Waals surface area contributed by atoms with Crippen molar-refractivity contribution in [3.63, 3.8) is 0 Å². The molecule has 0 radical (unpaired) electrons. The Labute approximate surface area is 118 Å². The number of nitrogens with two attached hydrogens (primary N) is 1. The van der Waals surface area contributed by atoms with Gasteiger partial charge in [0.1, 0.15) is 11.1 Å². The molecule has 1 aromatic carbocycles. The number of hydrogen-bond acceptors (Lipinski definition) is 3. The van der Waals surface area contributed by atoms with E-state index >= 15 is 0 Å². The molecule has 1 aromatic rings. The number of carbonyl (C=O) groups excluding carboxylic acids is 1. The van der Waals surface area contributed by atoms with Crippen LogP contribution in [-0.4, -0.2) is 23.1 Å². The first-order chi connectivity index (χ1) is 8.99. The van der Waals surface area contributed by atoms with Crippen LogP contribution in [0.4, 0.5) is 5.69 Å². The summed E-state index contributed by atoms with van der Waals surface area (Å²) in [4.78, 5) is 12.4. The molecule has 0 aliphatic carbocycles. The minimum absolute atomic E-state index is 0.132. The molecule has 2 atom stereocenters. The van der Waals surface area contributed by atoms with E-state index in [-0.39, 0.29) is 23.1 Å². The Morgan fingerprint density at radius 2 is 2.21 bits per heavy atom. The van der Waals surface area contributed by atoms with E-state index in [1.807, 2.05) is 26.0 Å². The van der Waals surface area contributed by atoms with E-state index in [9.17, 15) is 4.79 Å². The van der Waals surface area contributed by atoms with Gasteiger partial charge in [0.25, 0.3) is 5.91 Å². The minimum Gasteiger partial charge on any atom is -0.389 e. The van der Waals surface area contributed by atoms with Crippen LogP contribution in [0.3, 0.4) is 0 Å². The second kappa shape index (κ2) is 5.67. The molecule has 2 rings (SSSR count). The first-order valence-electron chi connectivity index (χ1n) is 6.34. The van der Waals surface area contributed by atoms with E-state index in [1.54, 1.807) is 6.07 Å². The van der Waals surface area contributed by atoms with Gasteiger partial charge in [-0.25, -0.2) is 0 Å². The molecule has 4 nitrogen and oxygen atoms in total. The van der Waals surface area contributed by atoms with Crippen molar-refractivity contribution in [1.29, 1.82) is 0 Å². The molecule has 1 aliphatic rings. The molecule has 19 heavy (non-hydrogen) atoms. The molecule has 102 valence electrons. The van der Waals surface area contributed by atoms with Crippen LogP contribution < -0.4 is 11.1 Å². The zero-order valence-electron chi connectivity index (χ0n) is 11.1. The summed E-state index contributed by atoms with van der Waals surface area (Å²) in [6.45, 7) is 3.89. The van der Waals surface area contributed by atoms with Crippen LogP contribution in [0.2, 0.25) is 0 Å². The van der Waals surface area contributed by atoms with Gasteiger partial charge in [-0.05, 0) is 38.3 Å². The average Bonchev–Trinajstić information content (AvgIpc) is 2.75. The summed E-state index contributed by atoms with van der Waals surface area (Å²) in [5, 5.41) is 2.86. The van der Waals surface area contributed by atoms with E-state index in [1.165, 1.54) is 0 Å². The van der Waals surface area contributed by atoms with Gasteiger partial charge >= 0.3 is 0 Å². The van der Waals surface area contributed by atoms with E-state index in [4.69, 9.17) is 22.7 Å². The fraction of sp³-hybridized carbons (Fsp3) is 0.429. The van der Waals surface area contributed by atoms with E-state index in [0.29, 0.717) is 5.69 Å². The van der Waals surface area contributed by atoms with Crippen LogP contribution in [0.5, 0.6) is 0 Å². The van der Waals surface area contributed by atoms with Crippen molar-refractivity contribution in [2.24, 2.45) is 5.73 Å². The van der Waals surface area contributed by atoms with Crippen molar-refractivity contribution < 1.29 is 9.53 Å². The Balaban J connectivity index is 2.17. The molecule has 3 N–H and O–H groups in total. The predicted octanol–water partition coefficient (Wildman–Crippen LogP) is 2.14. The lowest BCUT2D eigenvalue weighted by Gasteiger charge is -2.15. The van der Waals surface area contributed by atoms with Crippen LogP contribution in [0, 0.1) is 6.92 Å². The van der Waals surface area contributed by atoms with Crippen LogP contribution in [0.25, 0.3) is 0 Å². The Morgan fingerprint density at radius 3 is 2.79 bits per heavy atom. The molecule has 0 spiro atoms. The van der Waals surface area contributed by atoms with Crippen molar-refractivity contribution in [3.8, 4) is 0 Å². The van der Waals surface area contributed by atoms with Gasteiger partial charge in [-0.15, -0.1) is 0 Å². The summed E-state index contributed by atoms with van der Waals surface area (Å²) in [6, 6.07) is 5.58. The quantitative estimate of drug-likeness (QED) is 0.831. The normalized spacial score (nSPS) is 22.2. The number of thiocarbonyl (C=S) groups is 1. The van der Waals surface area contributed by atoms with Crippen molar-refractivity contribution in [3.05, 3.63) is 29.3 Å². The third-order valence-electron chi connectivity index (χ3n) is 3.30. The third-order valence-corrected chi connectivity index (χ3v) is 3.51. The molecular weight excluding hydrogens is 260 g/mol. The van der Waals surface area contributed by atoms with E-state index in [2.05, 4.69) is 5.32 Å². The number of rotatable bonds is 3. The second-order valence-electron chi connectivity index (χ2n) is 4.86. The fourth-order valence-corrected chi connectivity index (χ4v) is 2.58. The van der Waals surface area contributed by atoms with Crippen LogP contribution in [0.15, 0.2) is 18.2 Å². The number of hydrogen-bond donors (Lipinski definition) is 2. The topological polar surface area (TPSA) is 64.3 Å². The van der Waals surface area contributed by atoms with Gasteiger partial charge in [-0.3, -0.25) is 4.79 Å². The number of nitrogens with one attached hydrogen (secondary N) is 1. The summed E-state index contributed by atoms with van der Waals surface area (Å²) >= 11 is 5.04. The average molecular weight is 278 g/mol. The molecule has 2 unspecified atom stereocenters. The van der Waals surface area contributed by atoms with Crippen molar-refractivity contribution in [2.75, 3.05) is 5.32 Å². The first-order valence-corrected chi connectivity index (χ1v) is 6.75. The van der Waals surface area contributed by atoms with Crippen molar-refractivity contribution in [1.82, 2.24) is 0 Å². The Kier molecular flexibility index (Phi) is 4.17. The highest BCUT2D eigenvalue weighted by Gasteiger charge is 2.28. The lowest BCUT2D eigenvalue weighted by Crippen LogP contribution is -2.29. The molecule has 5 heteroatoms. The molecule has 1 heterocycles. The lowest BCUT2D eigenvalue weighted by molar-refractivity contribution is -0.126. The number of benzene rings is 1. The highest BCUT2D eigenvalue weighted by atomic mass is 32.1. The number of aryl methyl sites for hydroxylation is 1. The molecular formula is C14H18N2O2S. The zero-order valence-corrected chi connectivity index (χ0v) is 11.9. The van der Waals surface area contributed by atoms with Gasteiger partial charge in [0, 0.05) is 5.56 Å². The smallest absolute Gasteiger partial charge is 0.253 e. The van der Waals surface area contributed by atoms with Gasteiger partial charge in [0.05, 0.1) is 11.8 Å². The van der Waals surface area contributed by atoms with Gasteiger partial charge < -0.3 is 15.8 Å². The Bertz CT molecular complexity index is 516. The maximum atomic E-state index is 12.1. The van der Waals surface area contributed by atoms with Gasteiger partial charge in [0.15, 0.2) is 0 Å². The minimum atomic E-state index is -0.380. The Hall–Kier alpha value is -1.46. The number of ether oxygens (including phenoxy) is 1. The number of amides is 1. The van der Waals surface area contributed by atoms with Crippen LogP contribution in [-0.2, 0) is 9.53 Å². The maximum Gasteiger partial charge on any atom is 0.253 e. The molecule has 1 amide bonds. The molecule has 0 aromatic heterocycles. The van der Waals surface area contributed by atoms with Crippen molar-refractivity contribution in [2.45, 2.75) is 38.9 Å². The number of carbonyl (C=O) groups is 1. The summed E-state index contributed by atoms with van der Waals surface area (Å²) < 4.78 is 5.55. The second-order valence-corrected chi connectivity index (χ2v) is 5.30. The summed E-state index contributed by atoms with van der Waals surface area (Å²) in [5.41, 5.74) is 8.04. The third kappa shape index (κ3) is 3.11. The standard InChI is InChI=1S/C14H18N2O2S/c1-8-4-3-5-10(12(8)13(15)19)16-14(17)11-7-6-9(2)18-11/h3-5,9,11H,6-7H2,1-2H3,(H2,15,19)(H,16,17). The fourth-order valence-electron chi connectivity index (χ4n) is 2.31. The Morgan fingerprint density at radius 1 is 1.47 bits per heavy atom. The SMILES string of the molecule is Cc1cccc(NC(=O)C2CCC(C)O2)c1C(N)=S. The summed E-state index contributed by atoms with van der Waals surface area (Å²) in [6.07, 6.45) is 1.42. The highest BCUT2D eigenvalue weighted by molar-refractivity contribution is 7.80. The summed E-state index contributed by atoms with van der Waals surface area (Å²) in [5.74, 6) is -0.132. The zero-order chi connectivity index (χ0) is 14.0. The largest absolute Gasteiger partial charge is 0.389 e. The molecule has 1 saturated heterocycles. The predicted molar refractivity (Wildman–Crippen MR) is 79.3 cm³/mol. The first kappa shape index (κ1) is 14.0. The molecule has 1 aliphatic heterocycles. The van der Waals surface area contributed by atoms with Gasteiger partial charge in [-0.1, -0.05) is 24.4 Å². The van der Waals surface area contributed by atoms with Crippen LogP contribution in [0.1, 0.15) is 30.9 Å². The van der Waals surface area contributed by atoms with Crippen molar-refractivity contribution >= 4 is 28.8 Å². The van der Waals surface area contributed by atoms with Gasteiger partial charge in [0.2, 0.25) is 0 Å². The molecule has 0 bridgehead atoms. The highest BCUT2D eigenvalue weighted by Crippen LogP contribution is 2.23. The lowest BCUT2D eigenvalue weighted by atomic mass is 10.1. The van der Waals surface area contributed by atoms with E-state index in [0.717, 1.165) is 24.0 Å². The van der Waals surface area contributed by atoms with E-state index < -0.39 is 0 Å². The van der Waals surface area contributed by atoms with Gasteiger partial charge in [-0.2, -0.15) is 0 Å². The molecule has 0 saturated carbocycles. The monoisotopic (exact) mass is 278 g/mol. The molecule has 1 fully saturated rings. The summed E-state index contributed by atoms with van der Waals surface area (Å²) in [7, 11) is 0. The maximum absolute atomic E-state index is 12.1.